The Kier molecular flexibility index (Phi) is 4.13. The van der Waals surface area contributed by atoms with Crippen LogP contribution in [0.2, 0.25) is 0 Å². The second-order valence-corrected chi connectivity index (χ2v) is 4.67. The Morgan fingerprint density at radius 1 is 1.10 bits per heavy atom. The molecule has 0 aliphatic rings. The number of hydrogen-bond acceptors (Lipinski definition) is 2. The van der Waals surface area contributed by atoms with Crippen molar-refractivity contribution in [2.45, 2.75) is 13.8 Å². The molecule has 0 bridgehead atoms. The van der Waals surface area contributed by atoms with Crippen LogP contribution in [0.5, 0.6) is 0 Å². The molecule has 4 heteroatoms. The highest BCUT2D eigenvalue weighted by Crippen LogP contribution is 2.19. The van der Waals surface area contributed by atoms with Gasteiger partial charge < -0.3 is 5.32 Å². The number of para-hydroxylation sites is 1. The van der Waals surface area contributed by atoms with Crippen LogP contribution in [0, 0.1) is 25.5 Å². The van der Waals surface area contributed by atoms with E-state index in [1.807, 2.05) is 32.0 Å². The lowest BCUT2D eigenvalue weighted by Crippen LogP contribution is -2.16. The molecule has 0 heterocycles. The summed E-state index contributed by atoms with van der Waals surface area (Å²) in [6.45, 7) is 3.76. The second-order valence-electron chi connectivity index (χ2n) is 4.67. The minimum absolute atomic E-state index is 0.0773. The molecule has 2 rings (SSSR count). The average Bonchev–Trinajstić information content (AvgIpc) is 2.40. The summed E-state index contributed by atoms with van der Waals surface area (Å²) in [7, 11) is 0. The van der Waals surface area contributed by atoms with Crippen LogP contribution in [-0.4, -0.2) is 12.3 Å². The number of carbonyl (C=O) groups is 1. The first kappa shape index (κ1) is 14.2. The van der Waals surface area contributed by atoms with Crippen LogP contribution >= 0.6 is 0 Å². The Balaban J connectivity index is 2.15. The SMILES string of the molecule is Cc1cccc(C)c1NCC(=O)c1cc(F)ccc1F. The van der Waals surface area contributed by atoms with Crippen molar-refractivity contribution in [2.24, 2.45) is 0 Å². The smallest absolute Gasteiger partial charge is 0.184 e. The molecule has 1 N–H and O–H groups in total. The summed E-state index contributed by atoms with van der Waals surface area (Å²) >= 11 is 0. The highest BCUT2D eigenvalue weighted by Gasteiger charge is 2.13. The van der Waals surface area contributed by atoms with Crippen molar-refractivity contribution in [3.05, 3.63) is 64.7 Å². The maximum atomic E-state index is 13.5. The van der Waals surface area contributed by atoms with Gasteiger partial charge in [-0.05, 0) is 43.2 Å². The lowest BCUT2D eigenvalue weighted by molar-refractivity contribution is 0.100. The minimum Gasteiger partial charge on any atom is -0.377 e. The standard InChI is InChI=1S/C16H15F2NO/c1-10-4-3-5-11(2)16(10)19-9-15(20)13-8-12(17)6-7-14(13)18/h3-8,19H,9H2,1-2H3. The molecule has 0 unspecified atom stereocenters. The molecule has 0 aromatic heterocycles. The van der Waals surface area contributed by atoms with Gasteiger partial charge in [0.25, 0.3) is 0 Å². The fraction of sp³-hybridized carbons (Fsp3) is 0.188. The number of Topliss-reactive ketones (excluding diaryl/α,β-unsaturated/α-hetero) is 1. The van der Waals surface area contributed by atoms with Crippen molar-refractivity contribution < 1.29 is 13.6 Å². The molecule has 0 spiro atoms. The van der Waals surface area contributed by atoms with Crippen molar-refractivity contribution in [3.63, 3.8) is 0 Å². The van der Waals surface area contributed by atoms with E-state index in [0.29, 0.717) is 0 Å². The molecule has 0 fully saturated rings. The Morgan fingerprint density at radius 2 is 1.75 bits per heavy atom. The molecular formula is C16H15F2NO. The zero-order chi connectivity index (χ0) is 14.7. The van der Waals surface area contributed by atoms with Gasteiger partial charge in [-0.2, -0.15) is 0 Å². The minimum atomic E-state index is -0.709. The van der Waals surface area contributed by atoms with Crippen molar-refractivity contribution >= 4 is 11.5 Å². The summed E-state index contributed by atoms with van der Waals surface area (Å²) in [4.78, 5) is 11.9. The molecule has 2 aromatic rings. The van der Waals surface area contributed by atoms with E-state index >= 15 is 0 Å². The Bertz CT molecular complexity index is 633. The predicted molar refractivity (Wildman–Crippen MR) is 75.1 cm³/mol. The van der Waals surface area contributed by atoms with Gasteiger partial charge in [0.15, 0.2) is 5.78 Å². The van der Waals surface area contributed by atoms with E-state index in [1.54, 1.807) is 0 Å². The molecule has 0 atom stereocenters. The monoisotopic (exact) mass is 275 g/mol. The summed E-state index contributed by atoms with van der Waals surface area (Å²) in [6.07, 6.45) is 0. The Morgan fingerprint density at radius 3 is 2.40 bits per heavy atom. The van der Waals surface area contributed by atoms with Gasteiger partial charge >= 0.3 is 0 Å². The average molecular weight is 275 g/mol. The van der Waals surface area contributed by atoms with E-state index in [-0.39, 0.29) is 12.1 Å². The van der Waals surface area contributed by atoms with Gasteiger partial charge in [0, 0.05) is 5.69 Å². The number of hydrogen-bond donors (Lipinski definition) is 1. The van der Waals surface area contributed by atoms with E-state index in [0.717, 1.165) is 35.0 Å². The number of benzene rings is 2. The predicted octanol–water partition coefficient (Wildman–Crippen LogP) is 3.88. The lowest BCUT2D eigenvalue weighted by Gasteiger charge is -2.12. The quantitative estimate of drug-likeness (QED) is 0.858. The van der Waals surface area contributed by atoms with Crippen LogP contribution in [0.1, 0.15) is 21.5 Å². The molecule has 104 valence electrons. The van der Waals surface area contributed by atoms with Crippen LogP contribution in [0.3, 0.4) is 0 Å². The third kappa shape index (κ3) is 3.02. The first-order valence-corrected chi connectivity index (χ1v) is 6.27. The summed E-state index contributed by atoms with van der Waals surface area (Å²) in [5, 5.41) is 2.99. The number of ketones is 1. The molecular weight excluding hydrogens is 260 g/mol. The number of anilines is 1. The van der Waals surface area contributed by atoms with Crippen molar-refractivity contribution in [1.82, 2.24) is 0 Å². The van der Waals surface area contributed by atoms with E-state index in [2.05, 4.69) is 5.32 Å². The summed E-state index contributed by atoms with van der Waals surface area (Å²) in [5.74, 6) is -1.81. The molecule has 20 heavy (non-hydrogen) atoms. The van der Waals surface area contributed by atoms with Gasteiger partial charge in [0.2, 0.25) is 0 Å². The van der Waals surface area contributed by atoms with Crippen molar-refractivity contribution in [1.29, 1.82) is 0 Å². The zero-order valence-corrected chi connectivity index (χ0v) is 11.3. The lowest BCUT2D eigenvalue weighted by atomic mass is 10.1. The Hall–Kier alpha value is -2.23. The first-order valence-electron chi connectivity index (χ1n) is 6.27. The van der Waals surface area contributed by atoms with Crippen LogP contribution in [-0.2, 0) is 0 Å². The van der Waals surface area contributed by atoms with E-state index in [9.17, 15) is 13.6 Å². The van der Waals surface area contributed by atoms with Gasteiger partial charge in [0.1, 0.15) is 11.6 Å². The zero-order valence-electron chi connectivity index (χ0n) is 11.3. The van der Waals surface area contributed by atoms with Gasteiger partial charge in [0.05, 0.1) is 12.1 Å². The highest BCUT2D eigenvalue weighted by molar-refractivity contribution is 5.99. The highest BCUT2D eigenvalue weighted by atomic mass is 19.1. The molecule has 0 radical (unpaired) electrons. The van der Waals surface area contributed by atoms with Crippen LogP contribution in [0.25, 0.3) is 0 Å². The van der Waals surface area contributed by atoms with Crippen LogP contribution in [0.4, 0.5) is 14.5 Å². The number of nitrogens with one attached hydrogen (secondary N) is 1. The van der Waals surface area contributed by atoms with Crippen molar-refractivity contribution in [2.75, 3.05) is 11.9 Å². The molecule has 0 amide bonds. The maximum Gasteiger partial charge on any atom is 0.184 e. The summed E-state index contributed by atoms with van der Waals surface area (Å²) < 4.78 is 26.5. The summed E-state index contributed by atoms with van der Waals surface area (Å²) in [5.41, 5.74) is 2.61. The second kappa shape index (κ2) is 5.82. The maximum absolute atomic E-state index is 13.5. The molecule has 2 aromatic carbocycles. The fourth-order valence-corrected chi connectivity index (χ4v) is 2.07. The molecule has 0 aliphatic carbocycles. The van der Waals surface area contributed by atoms with Crippen LogP contribution in [0.15, 0.2) is 36.4 Å². The summed E-state index contributed by atoms with van der Waals surface area (Å²) in [6, 6.07) is 8.63. The number of aryl methyl sites for hydroxylation is 2. The number of halogens is 2. The van der Waals surface area contributed by atoms with Gasteiger partial charge in [-0.1, -0.05) is 18.2 Å². The van der Waals surface area contributed by atoms with Crippen molar-refractivity contribution in [3.8, 4) is 0 Å². The fourth-order valence-electron chi connectivity index (χ4n) is 2.07. The topological polar surface area (TPSA) is 29.1 Å². The number of rotatable bonds is 4. The third-order valence-electron chi connectivity index (χ3n) is 3.14. The third-order valence-corrected chi connectivity index (χ3v) is 3.14. The molecule has 2 nitrogen and oxygen atoms in total. The molecule has 0 aliphatic heterocycles. The molecule has 0 saturated carbocycles. The van der Waals surface area contributed by atoms with Gasteiger partial charge in [-0.15, -0.1) is 0 Å². The van der Waals surface area contributed by atoms with Gasteiger partial charge in [-0.3, -0.25) is 4.79 Å². The Labute approximate surface area is 116 Å². The van der Waals surface area contributed by atoms with E-state index in [4.69, 9.17) is 0 Å². The van der Waals surface area contributed by atoms with E-state index < -0.39 is 17.4 Å². The van der Waals surface area contributed by atoms with E-state index in [1.165, 1.54) is 0 Å². The normalized spacial score (nSPS) is 10.4. The largest absolute Gasteiger partial charge is 0.377 e. The molecule has 0 saturated heterocycles. The van der Waals surface area contributed by atoms with Crippen LogP contribution < -0.4 is 5.32 Å². The number of carbonyl (C=O) groups excluding carboxylic acids is 1. The first-order chi connectivity index (χ1) is 9.49. The van der Waals surface area contributed by atoms with Gasteiger partial charge in [-0.25, -0.2) is 8.78 Å².